The molecule has 2 rings (SSSR count). The number of methoxy groups -OCH3 is 1. The maximum absolute atomic E-state index is 11.1. The Morgan fingerprint density at radius 2 is 1.84 bits per heavy atom. The molecule has 0 N–H and O–H groups in total. The second-order valence-corrected chi connectivity index (χ2v) is 3.77. The first kappa shape index (κ1) is 12.8. The van der Waals surface area contributed by atoms with Crippen LogP contribution in [-0.4, -0.2) is 18.3 Å². The molecule has 0 spiro atoms. The van der Waals surface area contributed by atoms with Crippen LogP contribution in [0.3, 0.4) is 0 Å². The molecule has 2 aromatic carbocycles. The van der Waals surface area contributed by atoms with Crippen LogP contribution >= 0.6 is 0 Å². The van der Waals surface area contributed by atoms with E-state index in [0.717, 1.165) is 0 Å². The highest BCUT2D eigenvalue weighted by Crippen LogP contribution is 2.39. The molecule has 0 aliphatic rings. The first-order valence-corrected chi connectivity index (χ1v) is 5.48. The molecule has 0 aliphatic carbocycles. The Morgan fingerprint density at radius 3 is 2.37 bits per heavy atom. The molecule has 0 amide bonds. The maximum atomic E-state index is 11.1. The van der Waals surface area contributed by atoms with Crippen LogP contribution in [0, 0.1) is 10.1 Å². The van der Waals surface area contributed by atoms with E-state index in [1.165, 1.54) is 19.2 Å². The van der Waals surface area contributed by atoms with Gasteiger partial charge in [0.2, 0.25) is 6.29 Å². The van der Waals surface area contributed by atoms with Gasteiger partial charge in [-0.05, 0) is 11.6 Å². The first-order chi connectivity index (χ1) is 9.19. The van der Waals surface area contributed by atoms with E-state index in [1.807, 2.05) is 0 Å². The highest BCUT2D eigenvalue weighted by molar-refractivity contribution is 5.90. The van der Waals surface area contributed by atoms with Crippen molar-refractivity contribution in [3.05, 3.63) is 58.1 Å². The fraction of sp³-hybridized carbons (Fsp3) is 0.0714. The molecule has 5 nitrogen and oxygen atoms in total. The summed E-state index contributed by atoms with van der Waals surface area (Å²) in [5.74, 6) is 0.162. The van der Waals surface area contributed by atoms with Crippen molar-refractivity contribution in [1.29, 1.82) is 0 Å². The van der Waals surface area contributed by atoms with Crippen LogP contribution in [0.5, 0.6) is 5.75 Å². The lowest BCUT2D eigenvalue weighted by Crippen LogP contribution is -1.99. The van der Waals surface area contributed by atoms with Crippen molar-refractivity contribution in [3.8, 4) is 16.9 Å². The zero-order valence-corrected chi connectivity index (χ0v) is 10.1. The van der Waals surface area contributed by atoms with E-state index < -0.39 is 4.92 Å². The number of hydrogen-bond donors (Lipinski definition) is 0. The normalized spacial score (nSPS) is 9.95. The lowest BCUT2D eigenvalue weighted by molar-refractivity contribution is -0.384. The molecule has 0 fully saturated rings. The fourth-order valence-electron chi connectivity index (χ4n) is 1.90. The number of hydrogen-bond acceptors (Lipinski definition) is 4. The minimum Gasteiger partial charge on any atom is -0.495 e. The van der Waals surface area contributed by atoms with E-state index in [2.05, 4.69) is 0 Å². The summed E-state index contributed by atoms with van der Waals surface area (Å²) in [6.07, 6.45) is 1.73. The Bertz CT molecular complexity index is 623. The summed E-state index contributed by atoms with van der Waals surface area (Å²) in [5.41, 5.74) is 0.950. The molecule has 2 aromatic rings. The van der Waals surface area contributed by atoms with Gasteiger partial charge in [-0.2, -0.15) is 0 Å². The molecule has 0 unspecified atom stereocenters. The number of nitro groups is 1. The summed E-state index contributed by atoms with van der Waals surface area (Å²) >= 11 is 0. The molecule has 0 aromatic heterocycles. The van der Waals surface area contributed by atoms with Gasteiger partial charge in [-0.15, -0.1) is 0 Å². The average Bonchev–Trinajstić information content (AvgIpc) is 2.46. The van der Waals surface area contributed by atoms with E-state index in [-0.39, 0.29) is 22.6 Å². The third-order valence-electron chi connectivity index (χ3n) is 2.71. The van der Waals surface area contributed by atoms with E-state index in [4.69, 9.17) is 4.74 Å². The van der Waals surface area contributed by atoms with Crippen LogP contribution in [0.2, 0.25) is 0 Å². The second kappa shape index (κ2) is 5.30. The Balaban J connectivity index is 2.80. The van der Waals surface area contributed by atoms with Crippen LogP contribution in [0.1, 0.15) is 5.56 Å². The third-order valence-corrected chi connectivity index (χ3v) is 2.71. The summed E-state index contributed by atoms with van der Waals surface area (Å²) in [6.45, 7) is 0. The van der Waals surface area contributed by atoms with Gasteiger partial charge in [-0.3, -0.25) is 14.9 Å². The van der Waals surface area contributed by atoms with Gasteiger partial charge in [-0.1, -0.05) is 30.3 Å². The molecule has 0 bridgehead atoms. The first-order valence-electron chi connectivity index (χ1n) is 5.48. The minimum absolute atomic E-state index is 0.109. The zero-order chi connectivity index (χ0) is 13.8. The summed E-state index contributed by atoms with van der Waals surface area (Å²) < 4.78 is 5.15. The van der Waals surface area contributed by atoms with Crippen LogP contribution in [-0.2, 0) is 4.79 Å². The minimum atomic E-state index is -0.501. The van der Waals surface area contributed by atoms with Crippen LogP contribution in [0.25, 0.3) is 11.1 Å². The smallest absolute Gasteiger partial charge is 0.280 e. The zero-order valence-electron chi connectivity index (χ0n) is 10.1. The van der Waals surface area contributed by atoms with Gasteiger partial charge in [0.05, 0.1) is 17.6 Å². The Morgan fingerprint density at radius 1 is 1.16 bits per heavy atom. The van der Waals surface area contributed by atoms with Gasteiger partial charge >= 0.3 is 0 Å². The van der Waals surface area contributed by atoms with E-state index in [1.54, 1.807) is 36.6 Å². The number of benzene rings is 2. The van der Waals surface area contributed by atoms with Crippen LogP contribution in [0.4, 0.5) is 5.69 Å². The molecular weight excluding hydrogens is 246 g/mol. The monoisotopic (exact) mass is 256 g/mol. The van der Waals surface area contributed by atoms with E-state index >= 15 is 0 Å². The fourth-order valence-corrected chi connectivity index (χ4v) is 1.90. The largest absolute Gasteiger partial charge is 0.495 e. The summed E-state index contributed by atoms with van der Waals surface area (Å²) in [6, 6.07) is 11.4. The summed E-state index contributed by atoms with van der Waals surface area (Å²) in [5, 5.41) is 11.1. The number of nitro benzene ring substituents is 1. The third kappa shape index (κ3) is 2.30. The van der Waals surface area contributed by atoms with Gasteiger partial charge in [0.1, 0.15) is 11.3 Å². The number of ether oxygens (including phenoxy) is 1. The van der Waals surface area contributed by atoms with Gasteiger partial charge in [-0.25, -0.2) is 0 Å². The topological polar surface area (TPSA) is 69.4 Å². The Hall–Kier alpha value is -2.69. The van der Waals surface area contributed by atoms with Crippen LogP contribution in [0.15, 0.2) is 42.5 Å². The maximum Gasteiger partial charge on any atom is 0.280 e. The van der Waals surface area contributed by atoms with Crippen molar-refractivity contribution in [2.75, 3.05) is 7.11 Å². The van der Waals surface area contributed by atoms with Crippen molar-refractivity contribution in [2.45, 2.75) is 0 Å². The van der Waals surface area contributed by atoms with Gasteiger partial charge in [0.25, 0.3) is 5.69 Å². The molecule has 1 radical (unpaired) electrons. The summed E-state index contributed by atoms with van der Waals surface area (Å²) in [7, 11) is 1.37. The van der Waals surface area contributed by atoms with Crippen molar-refractivity contribution in [1.82, 2.24) is 0 Å². The SMILES string of the molecule is COc1c([C]=O)ccc([N+](=O)[O-])c1-c1ccccc1. The molecule has 95 valence electrons. The molecule has 0 saturated carbocycles. The van der Waals surface area contributed by atoms with Gasteiger partial charge < -0.3 is 4.74 Å². The van der Waals surface area contributed by atoms with Crippen molar-refractivity contribution in [3.63, 3.8) is 0 Å². The predicted molar refractivity (Wildman–Crippen MR) is 69.9 cm³/mol. The number of carbonyl (C=O) groups excluding carboxylic acids is 1. The average molecular weight is 256 g/mol. The number of rotatable bonds is 4. The molecule has 0 aliphatic heterocycles. The van der Waals surface area contributed by atoms with Crippen molar-refractivity contribution in [2.24, 2.45) is 0 Å². The second-order valence-electron chi connectivity index (χ2n) is 3.77. The molecular formula is C14H10NO4. The highest BCUT2D eigenvalue weighted by atomic mass is 16.6. The quantitative estimate of drug-likeness (QED) is 0.623. The predicted octanol–water partition coefficient (Wildman–Crippen LogP) is 2.73. The molecule has 0 heterocycles. The molecule has 0 atom stereocenters. The molecule has 19 heavy (non-hydrogen) atoms. The lowest BCUT2D eigenvalue weighted by atomic mass is 9.99. The van der Waals surface area contributed by atoms with Crippen molar-refractivity contribution < 1.29 is 14.5 Å². The lowest BCUT2D eigenvalue weighted by Gasteiger charge is -2.10. The van der Waals surface area contributed by atoms with Gasteiger partial charge in [0, 0.05) is 6.07 Å². The Kier molecular flexibility index (Phi) is 3.56. The van der Waals surface area contributed by atoms with E-state index in [9.17, 15) is 14.9 Å². The van der Waals surface area contributed by atoms with Crippen molar-refractivity contribution >= 4 is 12.0 Å². The molecule has 0 saturated heterocycles. The van der Waals surface area contributed by atoms with Crippen LogP contribution < -0.4 is 4.74 Å². The summed E-state index contributed by atoms with van der Waals surface area (Å²) in [4.78, 5) is 21.5. The van der Waals surface area contributed by atoms with E-state index in [0.29, 0.717) is 5.56 Å². The molecule has 5 heteroatoms. The standard InChI is InChI=1S/C14H10NO4/c1-19-14-11(9-16)7-8-12(15(17)18)13(14)10-5-3-2-4-6-10/h2-8H,1H3. The number of nitrogens with zero attached hydrogens (tertiary/aromatic N) is 1. The highest BCUT2D eigenvalue weighted by Gasteiger charge is 2.23. The van der Waals surface area contributed by atoms with Gasteiger partial charge in [0.15, 0.2) is 0 Å². The Labute approximate surface area is 109 Å².